The Hall–Kier alpha value is -2.09. The molecule has 2 N–H and O–H groups in total. The van der Waals surface area contributed by atoms with E-state index in [4.69, 9.17) is 0 Å². The van der Waals surface area contributed by atoms with Crippen molar-refractivity contribution in [2.45, 2.75) is 31.7 Å². The van der Waals surface area contributed by atoms with Gasteiger partial charge in [0.1, 0.15) is 5.54 Å². The summed E-state index contributed by atoms with van der Waals surface area (Å²) in [5.74, 6) is -0.538. The molecule has 1 aliphatic rings. The molecule has 1 heterocycles. The topological polar surface area (TPSA) is 69.6 Å². The van der Waals surface area contributed by atoms with Crippen LogP contribution >= 0.6 is 0 Å². The van der Waals surface area contributed by atoms with Crippen molar-refractivity contribution in [1.29, 1.82) is 0 Å². The fourth-order valence-electron chi connectivity index (χ4n) is 2.18. The van der Waals surface area contributed by atoms with E-state index in [1.807, 2.05) is 0 Å². The van der Waals surface area contributed by atoms with Gasteiger partial charge < -0.3 is 10.4 Å². The van der Waals surface area contributed by atoms with Crippen molar-refractivity contribution in [2.24, 2.45) is 0 Å². The monoisotopic (exact) mass is 316 g/mol. The van der Waals surface area contributed by atoms with E-state index in [1.165, 1.54) is 19.9 Å². The van der Waals surface area contributed by atoms with E-state index in [9.17, 15) is 27.9 Å². The van der Waals surface area contributed by atoms with Crippen molar-refractivity contribution < 1.29 is 27.9 Å². The molecule has 1 aromatic rings. The van der Waals surface area contributed by atoms with Gasteiger partial charge in [0.15, 0.2) is 0 Å². The minimum Gasteiger partial charge on any atom is -0.387 e. The van der Waals surface area contributed by atoms with Crippen LogP contribution in [0.25, 0.3) is 0 Å². The SMILES string of the molecule is CC1(C)NC(=O)N(CC(O)c2cccc(C(F)(F)F)c2)C1=O. The molecular formula is C14H15F3N2O3. The van der Waals surface area contributed by atoms with Gasteiger partial charge >= 0.3 is 12.2 Å². The highest BCUT2D eigenvalue weighted by molar-refractivity contribution is 6.06. The largest absolute Gasteiger partial charge is 0.416 e. The number of β-amino-alcohol motifs (C(OH)–C–C–N with tert-alkyl or cyclic N) is 1. The lowest BCUT2D eigenvalue weighted by molar-refractivity contribution is -0.137. The summed E-state index contributed by atoms with van der Waals surface area (Å²) in [5, 5.41) is 12.5. The number of halogens is 3. The average Bonchev–Trinajstić information content (AvgIpc) is 2.60. The Labute approximate surface area is 124 Å². The zero-order valence-corrected chi connectivity index (χ0v) is 11.9. The van der Waals surface area contributed by atoms with E-state index in [0.717, 1.165) is 23.1 Å². The zero-order valence-electron chi connectivity index (χ0n) is 11.9. The summed E-state index contributed by atoms with van der Waals surface area (Å²) in [7, 11) is 0. The summed E-state index contributed by atoms with van der Waals surface area (Å²) in [6.07, 6.45) is -5.93. The van der Waals surface area contributed by atoms with Crippen molar-refractivity contribution >= 4 is 11.9 Å². The first-order valence-electron chi connectivity index (χ1n) is 6.52. The van der Waals surface area contributed by atoms with Crippen molar-refractivity contribution in [2.75, 3.05) is 6.54 Å². The molecular weight excluding hydrogens is 301 g/mol. The maximum atomic E-state index is 12.7. The fraction of sp³-hybridized carbons (Fsp3) is 0.429. The lowest BCUT2D eigenvalue weighted by Crippen LogP contribution is -2.40. The first-order valence-corrected chi connectivity index (χ1v) is 6.52. The molecule has 120 valence electrons. The number of benzene rings is 1. The molecule has 2 rings (SSSR count). The Kier molecular flexibility index (Phi) is 3.90. The van der Waals surface area contributed by atoms with Gasteiger partial charge in [-0.1, -0.05) is 12.1 Å². The Balaban J connectivity index is 2.18. The molecule has 0 aromatic heterocycles. The molecule has 0 spiro atoms. The first-order chi connectivity index (χ1) is 10.0. The Bertz CT molecular complexity index is 614. The average molecular weight is 316 g/mol. The van der Waals surface area contributed by atoms with Crippen LogP contribution in [0.2, 0.25) is 0 Å². The van der Waals surface area contributed by atoms with Crippen molar-refractivity contribution in [3.05, 3.63) is 35.4 Å². The van der Waals surface area contributed by atoms with Gasteiger partial charge in [-0.15, -0.1) is 0 Å². The summed E-state index contributed by atoms with van der Waals surface area (Å²) < 4.78 is 38.0. The summed E-state index contributed by atoms with van der Waals surface area (Å²) >= 11 is 0. The molecule has 1 aliphatic heterocycles. The maximum absolute atomic E-state index is 12.7. The minimum atomic E-state index is -4.53. The highest BCUT2D eigenvalue weighted by Crippen LogP contribution is 2.31. The minimum absolute atomic E-state index is 0.0138. The summed E-state index contributed by atoms with van der Waals surface area (Å²) in [4.78, 5) is 24.5. The van der Waals surface area contributed by atoms with E-state index in [2.05, 4.69) is 5.32 Å². The number of rotatable bonds is 3. The van der Waals surface area contributed by atoms with Crippen LogP contribution in [0, 0.1) is 0 Å². The van der Waals surface area contributed by atoms with Gasteiger partial charge in [-0.3, -0.25) is 9.69 Å². The molecule has 8 heteroatoms. The number of urea groups is 1. The molecule has 1 fully saturated rings. The molecule has 22 heavy (non-hydrogen) atoms. The van der Waals surface area contributed by atoms with Gasteiger partial charge in [-0.25, -0.2) is 4.79 Å². The predicted octanol–water partition coefficient (Wildman–Crippen LogP) is 2.07. The number of alkyl halides is 3. The number of hydrogen-bond acceptors (Lipinski definition) is 3. The number of imide groups is 1. The molecule has 1 atom stereocenters. The highest BCUT2D eigenvalue weighted by atomic mass is 19.4. The van der Waals surface area contributed by atoms with Crippen molar-refractivity contribution in [3.8, 4) is 0 Å². The number of nitrogens with one attached hydrogen (secondary N) is 1. The normalized spacial score (nSPS) is 19.3. The van der Waals surface area contributed by atoms with Crippen LogP contribution in [0.1, 0.15) is 31.1 Å². The van der Waals surface area contributed by atoms with E-state index in [1.54, 1.807) is 0 Å². The summed E-state index contributed by atoms with van der Waals surface area (Å²) in [5.41, 5.74) is -2.01. The van der Waals surface area contributed by atoms with Crippen LogP contribution in [-0.2, 0) is 11.0 Å². The van der Waals surface area contributed by atoms with Crippen LogP contribution in [-0.4, -0.2) is 34.0 Å². The predicted molar refractivity (Wildman–Crippen MR) is 70.7 cm³/mol. The fourth-order valence-corrected chi connectivity index (χ4v) is 2.18. The standard InChI is InChI=1S/C14H15F3N2O3/c1-13(2)11(21)19(12(22)18-13)7-10(20)8-4-3-5-9(6-8)14(15,16)17/h3-6,10,20H,7H2,1-2H3,(H,18,22). The van der Waals surface area contributed by atoms with Gasteiger partial charge in [0.05, 0.1) is 18.2 Å². The molecule has 1 aromatic carbocycles. The number of nitrogens with zero attached hydrogens (tertiary/aromatic N) is 1. The second-order valence-electron chi connectivity index (χ2n) is 5.61. The van der Waals surface area contributed by atoms with Crippen molar-refractivity contribution in [1.82, 2.24) is 10.2 Å². The van der Waals surface area contributed by atoms with Crippen LogP contribution in [0.4, 0.5) is 18.0 Å². The van der Waals surface area contributed by atoms with Crippen LogP contribution < -0.4 is 5.32 Å². The van der Waals surface area contributed by atoms with Crippen molar-refractivity contribution in [3.63, 3.8) is 0 Å². The highest BCUT2D eigenvalue weighted by Gasteiger charge is 2.44. The molecule has 1 unspecified atom stereocenters. The van der Waals surface area contributed by atoms with Gasteiger partial charge in [-0.05, 0) is 31.5 Å². The lowest BCUT2D eigenvalue weighted by atomic mass is 10.0. The van der Waals surface area contributed by atoms with Crippen LogP contribution in [0.15, 0.2) is 24.3 Å². The Morgan fingerprint density at radius 2 is 1.95 bits per heavy atom. The second kappa shape index (κ2) is 5.28. The van der Waals surface area contributed by atoms with E-state index in [0.29, 0.717) is 0 Å². The van der Waals surface area contributed by atoms with E-state index in [-0.39, 0.29) is 5.56 Å². The molecule has 0 bridgehead atoms. The number of hydrogen-bond donors (Lipinski definition) is 2. The van der Waals surface area contributed by atoms with E-state index >= 15 is 0 Å². The second-order valence-corrected chi connectivity index (χ2v) is 5.61. The molecule has 0 saturated carbocycles. The molecule has 1 saturated heterocycles. The summed E-state index contributed by atoms with van der Waals surface area (Å²) in [6.45, 7) is 2.60. The smallest absolute Gasteiger partial charge is 0.387 e. The molecule has 0 radical (unpaired) electrons. The van der Waals surface area contributed by atoms with Gasteiger partial charge in [0.25, 0.3) is 5.91 Å². The number of aliphatic hydroxyl groups excluding tert-OH is 1. The summed E-state index contributed by atoms with van der Waals surface area (Å²) in [6, 6.07) is 3.48. The van der Waals surface area contributed by atoms with Crippen LogP contribution in [0.3, 0.4) is 0 Å². The molecule has 3 amide bonds. The zero-order chi connectivity index (χ0) is 16.7. The van der Waals surface area contributed by atoms with E-state index < -0.39 is 41.9 Å². The third kappa shape index (κ3) is 3.06. The van der Waals surface area contributed by atoms with Crippen LogP contribution in [0.5, 0.6) is 0 Å². The number of carbonyl (C=O) groups is 2. The molecule has 0 aliphatic carbocycles. The Morgan fingerprint density at radius 3 is 2.45 bits per heavy atom. The third-order valence-electron chi connectivity index (χ3n) is 3.40. The van der Waals surface area contributed by atoms with Gasteiger partial charge in [-0.2, -0.15) is 13.2 Å². The number of aliphatic hydroxyl groups is 1. The lowest BCUT2D eigenvalue weighted by Gasteiger charge is -2.20. The maximum Gasteiger partial charge on any atom is 0.416 e. The number of amides is 3. The van der Waals surface area contributed by atoms with Gasteiger partial charge in [0, 0.05) is 0 Å². The Morgan fingerprint density at radius 1 is 1.32 bits per heavy atom. The molecule has 5 nitrogen and oxygen atoms in total. The first kappa shape index (κ1) is 16.3. The third-order valence-corrected chi connectivity index (χ3v) is 3.40. The number of carbonyl (C=O) groups excluding carboxylic acids is 2. The quantitative estimate of drug-likeness (QED) is 0.839. The van der Waals surface area contributed by atoms with Gasteiger partial charge in [0.2, 0.25) is 0 Å².